The first-order valence-corrected chi connectivity index (χ1v) is 11.6. The summed E-state index contributed by atoms with van der Waals surface area (Å²) in [6.45, 7) is 2.57. The molecule has 2 heterocycles. The largest absolute Gasteiger partial charge is 0.495 e. The van der Waals surface area contributed by atoms with Crippen LogP contribution >= 0.6 is 0 Å². The lowest BCUT2D eigenvalue weighted by molar-refractivity contribution is -0.136. The topological polar surface area (TPSA) is 84.4 Å². The van der Waals surface area contributed by atoms with Gasteiger partial charge in [0.1, 0.15) is 5.75 Å². The van der Waals surface area contributed by atoms with Crippen LogP contribution in [0.2, 0.25) is 0 Å². The van der Waals surface area contributed by atoms with Gasteiger partial charge in [0.2, 0.25) is 5.91 Å². The molecule has 1 saturated heterocycles. The van der Waals surface area contributed by atoms with E-state index in [-0.39, 0.29) is 17.9 Å². The van der Waals surface area contributed by atoms with Crippen molar-refractivity contribution < 1.29 is 14.3 Å². The molecule has 32 heavy (non-hydrogen) atoms. The van der Waals surface area contributed by atoms with Crippen LogP contribution in [0.1, 0.15) is 79.3 Å². The number of hydrogen-bond acceptors (Lipinski definition) is 5. The summed E-state index contributed by atoms with van der Waals surface area (Å²) in [5.74, 6) is 1.69. The molecule has 170 valence electrons. The number of ether oxygens (including phenoxy) is 1. The first kappa shape index (κ1) is 22.2. The van der Waals surface area contributed by atoms with E-state index in [0.29, 0.717) is 40.9 Å². The average Bonchev–Trinajstić information content (AvgIpc) is 3.32. The van der Waals surface area contributed by atoms with Gasteiger partial charge in [-0.3, -0.25) is 9.59 Å². The number of nitrogens with one attached hydrogen (secondary N) is 1. The van der Waals surface area contributed by atoms with Gasteiger partial charge >= 0.3 is 0 Å². The van der Waals surface area contributed by atoms with Crippen LogP contribution in [0.3, 0.4) is 0 Å². The highest BCUT2D eigenvalue weighted by Crippen LogP contribution is 2.33. The van der Waals surface area contributed by atoms with Gasteiger partial charge in [0.05, 0.1) is 30.1 Å². The van der Waals surface area contributed by atoms with Crippen LogP contribution in [0.25, 0.3) is 0 Å². The van der Waals surface area contributed by atoms with Gasteiger partial charge in [-0.05, 0) is 57.1 Å². The summed E-state index contributed by atoms with van der Waals surface area (Å²) in [6, 6.07) is 7.16. The number of piperidine rings is 1. The monoisotopic (exact) mass is 436 g/mol. The van der Waals surface area contributed by atoms with Crippen molar-refractivity contribution in [1.82, 2.24) is 14.9 Å². The third kappa shape index (κ3) is 4.92. The number of methoxy groups -OCH3 is 1. The van der Waals surface area contributed by atoms with E-state index in [0.717, 1.165) is 38.6 Å². The molecule has 0 unspecified atom stereocenters. The molecule has 2 amide bonds. The lowest BCUT2D eigenvalue weighted by Crippen LogP contribution is -2.40. The third-order valence-electron chi connectivity index (χ3n) is 6.66. The van der Waals surface area contributed by atoms with Gasteiger partial charge < -0.3 is 15.0 Å². The van der Waals surface area contributed by atoms with E-state index < -0.39 is 0 Å². The van der Waals surface area contributed by atoms with Crippen LogP contribution < -0.4 is 10.1 Å². The molecule has 2 aliphatic rings. The molecule has 1 N–H and O–H groups in total. The molecule has 2 aromatic rings. The fraction of sp³-hybridized carbons (Fsp3) is 0.520. The zero-order chi connectivity index (χ0) is 22.5. The van der Waals surface area contributed by atoms with Crippen LogP contribution in [0, 0.1) is 12.8 Å². The SMILES string of the molecule is COc1ccccc1NC(=O)c1cnc([C@H]2CCCCN2C(=O)CC2CCCC2)nc1C. The van der Waals surface area contributed by atoms with E-state index in [1.54, 1.807) is 25.4 Å². The van der Waals surface area contributed by atoms with Crippen molar-refractivity contribution in [1.29, 1.82) is 0 Å². The van der Waals surface area contributed by atoms with Gasteiger partial charge in [-0.25, -0.2) is 9.97 Å². The van der Waals surface area contributed by atoms with Gasteiger partial charge in [0, 0.05) is 19.2 Å². The van der Waals surface area contributed by atoms with Gasteiger partial charge in [0.15, 0.2) is 5.82 Å². The summed E-state index contributed by atoms with van der Waals surface area (Å²) in [7, 11) is 1.57. The molecule has 1 atom stereocenters. The molecule has 7 heteroatoms. The summed E-state index contributed by atoms with van der Waals surface area (Å²) in [6.07, 6.45) is 9.95. The highest BCUT2D eigenvalue weighted by molar-refractivity contribution is 6.05. The van der Waals surface area contributed by atoms with Crippen molar-refractivity contribution in [2.45, 2.75) is 64.3 Å². The van der Waals surface area contributed by atoms with Gasteiger partial charge in [-0.15, -0.1) is 0 Å². The molecular weight excluding hydrogens is 404 g/mol. The van der Waals surface area contributed by atoms with Crippen molar-refractivity contribution in [3.8, 4) is 5.75 Å². The molecule has 1 aromatic heterocycles. The first-order valence-electron chi connectivity index (χ1n) is 11.6. The molecule has 1 aliphatic heterocycles. The number of anilines is 1. The number of amides is 2. The highest BCUT2D eigenvalue weighted by atomic mass is 16.5. The molecule has 7 nitrogen and oxygen atoms in total. The van der Waals surface area contributed by atoms with E-state index in [2.05, 4.69) is 15.3 Å². The smallest absolute Gasteiger partial charge is 0.259 e. The minimum absolute atomic E-state index is 0.109. The Kier molecular flexibility index (Phi) is 7.02. The summed E-state index contributed by atoms with van der Waals surface area (Å²) < 4.78 is 5.31. The maximum atomic E-state index is 13.1. The minimum Gasteiger partial charge on any atom is -0.495 e. The Labute approximate surface area is 189 Å². The number of carbonyl (C=O) groups is 2. The molecular formula is C25H32N4O3. The van der Waals surface area contributed by atoms with Crippen molar-refractivity contribution in [2.24, 2.45) is 5.92 Å². The Morgan fingerprint density at radius 1 is 1.12 bits per heavy atom. The quantitative estimate of drug-likeness (QED) is 0.711. The molecule has 4 rings (SSSR count). The standard InChI is InChI=1S/C25H32N4O3/c1-17-19(25(31)28-20-11-5-6-13-22(20)32-2)16-26-24(27-17)21-12-7-8-14-29(21)23(30)15-18-9-3-4-10-18/h5-6,11,13,16,18,21H,3-4,7-10,12,14-15H2,1-2H3,(H,28,31)/t21-/m1/s1. The minimum atomic E-state index is -0.281. The van der Waals surface area contributed by atoms with Gasteiger partial charge in [-0.1, -0.05) is 25.0 Å². The van der Waals surface area contributed by atoms with E-state index in [9.17, 15) is 9.59 Å². The Balaban J connectivity index is 1.49. The Hall–Kier alpha value is -2.96. The Morgan fingerprint density at radius 2 is 1.88 bits per heavy atom. The van der Waals surface area contributed by atoms with Gasteiger partial charge in [-0.2, -0.15) is 0 Å². The molecule has 1 aliphatic carbocycles. The second kappa shape index (κ2) is 10.1. The van der Waals surface area contributed by atoms with Crippen LogP contribution in [0.5, 0.6) is 5.75 Å². The molecule has 0 radical (unpaired) electrons. The number of likely N-dealkylation sites (tertiary alicyclic amines) is 1. The number of aryl methyl sites for hydroxylation is 1. The van der Waals surface area contributed by atoms with Crippen LogP contribution in [0.15, 0.2) is 30.5 Å². The summed E-state index contributed by atoms with van der Waals surface area (Å²) in [5.41, 5.74) is 1.62. The number of aromatic nitrogens is 2. The van der Waals surface area contributed by atoms with E-state index in [4.69, 9.17) is 4.74 Å². The predicted octanol–water partition coefficient (Wildman–Crippen LogP) is 4.68. The Morgan fingerprint density at radius 3 is 2.62 bits per heavy atom. The normalized spacial score (nSPS) is 19.1. The van der Waals surface area contributed by atoms with Crippen molar-refractivity contribution >= 4 is 17.5 Å². The highest BCUT2D eigenvalue weighted by Gasteiger charge is 2.32. The van der Waals surface area contributed by atoms with E-state index >= 15 is 0 Å². The van der Waals surface area contributed by atoms with E-state index in [1.807, 2.05) is 24.0 Å². The Bertz CT molecular complexity index is 971. The van der Waals surface area contributed by atoms with Crippen LogP contribution in [-0.2, 0) is 4.79 Å². The van der Waals surface area contributed by atoms with Crippen LogP contribution in [-0.4, -0.2) is 40.3 Å². The number of para-hydroxylation sites is 2. The number of hydrogen-bond donors (Lipinski definition) is 1. The molecule has 2 fully saturated rings. The number of benzene rings is 1. The number of rotatable bonds is 6. The lowest BCUT2D eigenvalue weighted by Gasteiger charge is -2.35. The van der Waals surface area contributed by atoms with Gasteiger partial charge in [0.25, 0.3) is 5.91 Å². The second-order valence-electron chi connectivity index (χ2n) is 8.84. The fourth-order valence-corrected chi connectivity index (χ4v) is 4.88. The summed E-state index contributed by atoms with van der Waals surface area (Å²) >= 11 is 0. The zero-order valence-corrected chi connectivity index (χ0v) is 19.0. The molecule has 0 bridgehead atoms. The fourth-order valence-electron chi connectivity index (χ4n) is 4.88. The maximum absolute atomic E-state index is 13.1. The summed E-state index contributed by atoms with van der Waals surface area (Å²) in [5, 5.41) is 2.88. The predicted molar refractivity (Wildman–Crippen MR) is 123 cm³/mol. The number of nitrogens with zero attached hydrogens (tertiary/aromatic N) is 3. The van der Waals surface area contributed by atoms with Crippen molar-refractivity contribution in [3.63, 3.8) is 0 Å². The third-order valence-corrected chi connectivity index (χ3v) is 6.66. The van der Waals surface area contributed by atoms with E-state index in [1.165, 1.54) is 12.8 Å². The van der Waals surface area contributed by atoms with Crippen molar-refractivity contribution in [2.75, 3.05) is 19.0 Å². The van der Waals surface area contributed by atoms with Crippen LogP contribution in [0.4, 0.5) is 5.69 Å². The molecule has 1 saturated carbocycles. The lowest BCUT2D eigenvalue weighted by atomic mass is 9.97. The average molecular weight is 437 g/mol. The zero-order valence-electron chi connectivity index (χ0n) is 19.0. The molecule has 0 spiro atoms. The maximum Gasteiger partial charge on any atom is 0.259 e. The first-order chi connectivity index (χ1) is 15.6. The second-order valence-corrected chi connectivity index (χ2v) is 8.84. The van der Waals surface area contributed by atoms with Crippen molar-refractivity contribution in [3.05, 3.63) is 47.5 Å². The number of carbonyl (C=O) groups excluding carboxylic acids is 2. The molecule has 1 aromatic carbocycles. The summed E-state index contributed by atoms with van der Waals surface area (Å²) in [4.78, 5) is 37.1.